The van der Waals surface area contributed by atoms with Gasteiger partial charge in [-0.25, -0.2) is 0 Å². The van der Waals surface area contributed by atoms with Crippen LogP contribution < -0.4 is 0 Å². The van der Waals surface area contributed by atoms with Gasteiger partial charge >= 0.3 is 0 Å². The summed E-state index contributed by atoms with van der Waals surface area (Å²) in [5.74, 6) is -2.57. The minimum Gasteiger partial charge on any atom is -0.263 e. The van der Waals surface area contributed by atoms with Crippen LogP contribution in [0.3, 0.4) is 0 Å². The molecule has 14 heavy (non-hydrogen) atoms. The lowest BCUT2D eigenvalue weighted by molar-refractivity contribution is -0.0375. The average Bonchev–Trinajstić information content (AvgIpc) is 2.48. The molecule has 78 valence electrons. The summed E-state index contributed by atoms with van der Waals surface area (Å²) in [6.07, 6.45) is 2.05. The first-order valence-corrected chi connectivity index (χ1v) is 4.96. The van der Waals surface area contributed by atoms with Crippen molar-refractivity contribution < 1.29 is 8.78 Å². The van der Waals surface area contributed by atoms with Gasteiger partial charge in [0, 0.05) is 18.5 Å². The van der Waals surface area contributed by atoms with Crippen LogP contribution in [0.25, 0.3) is 0 Å². The molecule has 0 spiro atoms. The van der Waals surface area contributed by atoms with E-state index in [4.69, 9.17) is 0 Å². The monoisotopic (exact) mass is 200 g/mol. The summed E-state index contributed by atoms with van der Waals surface area (Å²) >= 11 is 0. The van der Waals surface area contributed by atoms with Gasteiger partial charge in [-0.2, -0.15) is 13.9 Å². The molecule has 1 aromatic heterocycles. The lowest BCUT2D eigenvalue weighted by Gasteiger charge is -2.25. The summed E-state index contributed by atoms with van der Waals surface area (Å²) in [5, 5.41) is 4.01. The van der Waals surface area contributed by atoms with Gasteiger partial charge in [-0.05, 0) is 12.3 Å². The van der Waals surface area contributed by atoms with Gasteiger partial charge in [-0.3, -0.25) is 4.68 Å². The quantitative estimate of drug-likeness (QED) is 0.681. The third-order valence-corrected chi connectivity index (χ3v) is 2.70. The molecule has 1 aliphatic heterocycles. The first-order valence-electron chi connectivity index (χ1n) is 4.96. The standard InChI is InChI=1S/C10H14F2N2/c1-7(2)8-6-13-14-5-3-4-10(11,12)9(8)14/h6-7H,3-5H2,1-2H3. The molecule has 0 aromatic carbocycles. The van der Waals surface area contributed by atoms with Gasteiger partial charge in [-0.1, -0.05) is 13.8 Å². The number of aryl methyl sites for hydroxylation is 1. The molecule has 1 aliphatic rings. The molecule has 0 saturated carbocycles. The van der Waals surface area contributed by atoms with Gasteiger partial charge in [0.1, 0.15) is 5.69 Å². The molecule has 0 amide bonds. The second kappa shape index (κ2) is 3.04. The molecule has 0 N–H and O–H groups in total. The third-order valence-electron chi connectivity index (χ3n) is 2.70. The first-order chi connectivity index (χ1) is 6.52. The average molecular weight is 200 g/mol. The fourth-order valence-corrected chi connectivity index (χ4v) is 1.96. The highest BCUT2D eigenvalue weighted by Gasteiger charge is 2.40. The largest absolute Gasteiger partial charge is 0.289 e. The number of halogens is 2. The van der Waals surface area contributed by atoms with Gasteiger partial charge in [0.25, 0.3) is 5.92 Å². The van der Waals surface area contributed by atoms with Crippen molar-refractivity contribution in [2.75, 3.05) is 0 Å². The number of hydrogen-bond acceptors (Lipinski definition) is 1. The van der Waals surface area contributed by atoms with Gasteiger partial charge in [0.05, 0.1) is 6.20 Å². The molecule has 0 saturated heterocycles. The van der Waals surface area contributed by atoms with Crippen LogP contribution in [-0.4, -0.2) is 9.78 Å². The van der Waals surface area contributed by atoms with E-state index >= 15 is 0 Å². The Bertz CT molecular complexity index is 342. The zero-order valence-electron chi connectivity index (χ0n) is 8.43. The van der Waals surface area contributed by atoms with Crippen LogP contribution in [0.1, 0.15) is 43.9 Å². The highest BCUT2D eigenvalue weighted by molar-refractivity contribution is 5.26. The molecule has 1 aromatic rings. The second-order valence-electron chi connectivity index (χ2n) is 4.13. The molecule has 2 heterocycles. The summed E-state index contributed by atoms with van der Waals surface area (Å²) in [5.41, 5.74) is 0.827. The fourth-order valence-electron chi connectivity index (χ4n) is 1.96. The van der Waals surface area contributed by atoms with Gasteiger partial charge < -0.3 is 0 Å². The summed E-state index contributed by atoms with van der Waals surface area (Å²) in [6.45, 7) is 4.46. The van der Waals surface area contributed by atoms with Crippen LogP contribution in [0.15, 0.2) is 6.20 Å². The van der Waals surface area contributed by atoms with Gasteiger partial charge in [-0.15, -0.1) is 0 Å². The number of rotatable bonds is 1. The normalized spacial score (nSPS) is 19.8. The number of aromatic nitrogens is 2. The van der Waals surface area contributed by atoms with E-state index in [1.165, 1.54) is 4.68 Å². The Morgan fingerprint density at radius 2 is 2.21 bits per heavy atom. The topological polar surface area (TPSA) is 17.8 Å². The highest BCUT2D eigenvalue weighted by atomic mass is 19.3. The Labute approximate surface area is 81.9 Å². The van der Waals surface area contributed by atoms with E-state index in [9.17, 15) is 8.78 Å². The van der Waals surface area contributed by atoms with Crippen LogP contribution in [0.2, 0.25) is 0 Å². The Balaban J connectivity index is 2.53. The molecule has 4 heteroatoms. The van der Waals surface area contributed by atoms with E-state index in [2.05, 4.69) is 5.10 Å². The molecular formula is C10H14F2N2. The maximum absolute atomic E-state index is 13.6. The minimum absolute atomic E-state index is 0.0432. The fraction of sp³-hybridized carbons (Fsp3) is 0.700. The Morgan fingerprint density at radius 3 is 2.86 bits per heavy atom. The smallest absolute Gasteiger partial charge is 0.263 e. The van der Waals surface area contributed by atoms with Crippen molar-refractivity contribution in [1.29, 1.82) is 0 Å². The van der Waals surface area contributed by atoms with Crippen molar-refractivity contribution in [3.63, 3.8) is 0 Å². The molecule has 0 bridgehead atoms. The first kappa shape index (κ1) is 9.62. The Kier molecular flexibility index (Phi) is 2.09. The van der Waals surface area contributed by atoms with Crippen molar-refractivity contribution in [2.45, 2.75) is 45.1 Å². The summed E-state index contributed by atoms with van der Waals surface area (Å²) < 4.78 is 28.6. The third kappa shape index (κ3) is 1.33. The second-order valence-corrected chi connectivity index (χ2v) is 4.13. The number of fused-ring (bicyclic) bond motifs is 1. The van der Waals surface area contributed by atoms with Crippen molar-refractivity contribution in [2.24, 2.45) is 0 Å². The van der Waals surface area contributed by atoms with E-state index in [0.29, 0.717) is 18.5 Å². The number of nitrogens with zero attached hydrogens (tertiary/aromatic N) is 2. The number of hydrogen-bond donors (Lipinski definition) is 0. The lowest BCUT2D eigenvalue weighted by Crippen LogP contribution is -2.26. The van der Waals surface area contributed by atoms with Crippen LogP contribution in [0.5, 0.6) is 0 Å². The predicted molar refractivity (Wildman–Crippen MR) is 49.4 cm³/mol. The SMILES string of the molecule is CC(C)c1cnn2c1C(F)(F)CCC2. The van der Waals surface area contributed by atoms with Crippen LogP contribution in [-0.2, 0) is 12.5 Å². The highest BCUT2D eigenvalue weighted by Crippen LogP contribution is 2.40. The number of alkyl halides is 2. The van der Waals surface area contributed by atoms with E-state index < -0.39 is 5.92 Å². The molecule has 0 radical (unpaired) electrons. The molecule has 2 rings (SSSR count). The molecule has 0 aliphatic carbocycles. The van der Waals surface area contributed by atoms with Crippen LogP contribution in [0, 0.1) is 0 Å². The minimum atomic E-state index is -2.69. The molecule has 0 unspecified atom stereocenters. The summed E-state index contributed by atoms with van der Waals surface area (Å²) in [6, 6.07) is 0. The van der Waals surface area contributed by atoms with E-state index in [1.807, 2.05) is 13.8 Å². The molecular weight excluding hydrogens is 186 g/mol. The zero-order valence-corrected chi connectivity index (χ0v) is 8.43. The van der Waals surface area contributed by atoms with E-state index in [-0.39, 0.29) is 18.0 Å². The Morgan fingerprint density at radius 1 is 1.50 bits per heavy atom. The molecule has 0 fully saturated rings. The van der Waals surface area contributed by atoms with Crippen molar-refractivity contribution in [3.05, 3.63) is 17.5 Å². The van der Waals surface area contributed by atoms with Crippen LogP contribution in [0.4, 0.5) is 8.78 Å². The van der Waals surface area contributed by atoms with E-state index in [0.717, 1.165) is 0 Å². The predicted octanol–water partition coefficient (Wildman–Crippen LogP) is 2.89. The summed E-state index contributed by atoms with van der Waals surface area (Å²) in [7, 11) is 0. The van der Waals surface area contributed by atoms with Gasteiger partial charge in [0.2, 0.25) is 0 Å². The zero-order chi connectivity index (χ0) is 10.3. The molecule has 0 atom stereocenters. The molecule has 2 nitrogen and oxygen atoms in total. The van der Waals surface area contributed by atoms with Crippen LogP contribution >= 0.6 is 0 Å². The maximum Gasteiger partial charge on any atom is 0.289 e. The Hall–Kier alpha value is -0.930. The van der Waals surface area contributed by atoms with Crippen molar-refractivity contribution in [1.82, 2.24) is 9.78 Å². The van der Waals surface area contributed by atoms with Crippen molar-refractivity contribution >= 4 is 0 Å². The summed E-state index contributed by atoms with van der Waals surface area (Å²) in [4.78, 5) is 0. The van der Waals surface area contributed by atoms with Gasteiger partial charge in [0.15, 0.2) is 0 Å². The maximum atomic E-state index is 13.6. The van der Waals surface area contributed by atoms with E-state index in [1.54, 1.807) is 6.20 Å². The van der Waals surface area contributed by atoms with Crippen molar-refractivity contribution in [3.8, 4) is 0 Å². The lowest BCUT2D eigenvalue weighted by atomic mass is 9.96.